The molecule has 0 aromatic heterocycles. The Morgan fingerprint density at radius 3 is 1.87 bits per heavy atom. The van der Waals surface area contributed by atoms with Crippen LogP contribution in [0.5, 0.6) is 0 Å². The molecule has 0 heterocycles. The van der Waals surface area contributed by atoms with Crippen molar-refractivity contribution < 1.29 is 33.7 Å². The second-order valence-electron chi connectivity index (χ2n) is 8.17. The molecule has 2 aliphatic carbocycles. The van der Waals surface area contributed by atoms with Gasteiger partial charge in [-0.25, -0.2) is 14.4 Å². The fourth-order valence-electron chi connectivity index (χ4n) is 3.83. The number of benzene rings is 1. The van der Waals surface area contributed by atoms with Crippen LogP contribution in [0.2, 0.25) is 0 Å². The van der Waals surface area contributed by atoms with Crippen LogP contribution >= 0.6 is 0 Å². The summed E-state index contributed by atoms with van der Waals surface area (Å²) in [5, 5.41) is 11.0. The summed E-state index contributed by atoms with van der Waals surface area (Å²) in [6, 6.07) is 2.31. The van der Waals surface area contributed by atoms with Crippen LogP contribution in [0.1, 0.15) is 62.8 Å². The van der Waals surface area contributed by atoms with Crippen molar-refractivity contribution in [1.82, 2.24) is 0 Å². The monoisotopic (exact) mass is 435 g/mol. The number of aryl methyl sites for hydroxylation is 2. The van der Waals surface area contributed by atoms with Crippen LogP contribution in [-0.4, -0.2) is 48.6 Å². The number of amides is 1. The third kappa shape index (κ3) is 7.54. The molecule has 0 saturated heterocycles. The first-order chi connectivity index (χ1) is 14.7. The Balaban J connectivity index is 0.000000366. The lowest BCUT2D eigenvalue weighted by molar-refractivity contribution is -0.151. The van der Waals surface area contributed by atoms with E-state index in [9.17, 15) is 14.4 Å². The maximum Gasteiger partial charge on any atom is 0.412 e. The number of hydrogen-bond donors (Lipinski definition) is 2. The van der Waals surface area contributed by atoms with Gasteiger partial charge in [0.2, 0.25) is 0 Å². The molecule has 1 aromatic rings. The summed E-state index contributed by atoms with van der Waals surface area (Å²) >= 11 is 0. The second-order valence-corrected chi connectivity index (χ2v) is 8.17. The first-order valence-electron chi connectivity index (χ1n) is 10.8. The fraction of sp³-hybridized carbons (Fsp3) is 0.609. The van der Waals surface area contributed by atoms with Gasteiger partial charge in [0.15, 0.2) is 6.61 Å². The molecule has 8 heteroatoms. The molecule has 0 radical (unpaired) electrons. The summed E-state index contributed by atoms with van der Waals surface area (Å²) in [6.07, 6.45) is 5.47. The van der Waals surface area contributed by atoms with Gasteiger partial charge in [-0.2, -0.15) is 0 Å². The van der Waals surface area contributed by atoms with Crippen molar-refractivity contribution in [2.45, 2.75) is 78.4 Å². The normalized spacial score (nSPS) is 13.8. The number of carbonyl (C=O) groups excluding carboxylic acids is 3. The molecule has 0 spiro atoms. The Hall–Kier alpha value is -2.61. The molecule has 31 heavy (non-hydrogen) atoms. The summed E-state index contributed by atoms with van der Waals surface area (Å²) in [5.74, 6) is -1.10. The van der Waals surface area contributed by atoms with Crippen molar-refractivity contribution in [1.29, 1.82) is 0 Å². The molecule has 0 saturated carbocycles. The summed E-state index contributed by atoms with van der Waals surface area (Å²) in [6.45, 7) is 6.09. The summed E-state index contributed by atoms with van der Waals surface area (Å²) in [7, 11) is 0. The van der Waals surface area contributed by atoms with Crippen molar-refractivity contribution in [3.63, 3.8) is 0 Å². The van der Waals surface area contributed by atoms with Crippen LogP contribution in [0.25, 0.3) is 0 Å². The molecule has 0 fully saturated rings. The highest BCUT2D eigenvalue weighted by molar-refractivity contribution is 5.89. The SMILES string of the molecule is CC(C)OC(=O)CO.CC(C)OC(=O)COC(=O)Nc1c2c(cc3c1CCC3)CCC2. The van der Waals surface area contributed by atoms with Gasteiger partial charge in [0.25, 0.3) is 0 Å². The van der Waals surface area contributed by atoms with Crippen molar-refractivity contribution in [2.24, 2.45) is 0 Å². The van der Waals surface area contributed by atoms with Gasteiger partial charge in [0.05, 0.1) is 17.9 Å². The molecule has 3 rings (SSSR count). The number of anilines is 1. The molecular formula is C23H33NO7. The van der Waals surface area contributed by atoms with Gasteiger partial charge >= 0.3 is 18.0 Å². The Morgan fingerprint density at radius 2 is 1.42 bits per heavy atom. The molecule has 2 aliphatic rings. The number of esters is 2. The average molecular weight is 436 g/mol. The van der Waals surface area contributed by atoms with Gasteiger partial charge < -0.3 is 19.3 Å². The van der Waals surface area contributed by atoms with E-state index < -0.39 is 24.6 Å². The second kappa shape index (κ2) is 11.7. The highest BCUT2D eigenvalue weighted by atomic mass is 16.6. The Kier molecular flexibility index (Phi) is 9.30. The van der Waals surface area contributed by atoms with E-state index in [1.54, 1.807) is 27.7 Å². The maximum absolute atomic E-state index is 12.1. The van der Waals surface area contributed by atoms with Gasteiger partial charge in [-0.1, -0.05) is 6.07 Å². The number of aliphatic hydroxyl groups is 1. The number of aliphatic hydroxyl groups excluding tert-OH is 1. The Morgan fingerprint density at radius 1 is 0.903 bits per heavy atom. The maximum atomic E-state index is 12.1. The zero-order valence-corrected chi connectivity index (χ0v) is 18.8. The van der Waals surface area contributed by atoms with Gasteiger partial charge in [-0.15, -0.1) is 0 Å². The van der Waals surface area contributed by atoms with E-state index in [1.807, 2.05) is 0 Å². The van der Waals surface area contributed by atoms with Gasteiger partial charge in [-0.05, 0) is 88.5 Å². The smallest absolute Gasteiger partial charge is 0.412 e. The molecule has 8 nitrogen and oxygen atoms in total. The van der Waals surface area contributed by atoms with Gasteiger partial charge in [0, 0.05) is 0 Å². The average Bonchev–Trinajstić information content (AvgIpc) is 3.34. The van der Waals surface area contributed by atoms with Crippen LogP contribution < -0.4 is 5.32 Å². The minimum absolute atomic E-state index is 0.130. The number of ether oxygens (including phenoxy) is 3. The predicted octanol–water partition coefficient (Wildman–Crippen LogP) is 3.09. The number of fused-ring (bicyclic) bond motifs is 2. The summed E-state index contributed by atoms with van der Waals surface area (Å²) in [5.41, 5.74) is 6.11. The molecule has 2 N–H and O–H groups in total. The number of carbonyl (C=O) groups is 3. The fourth-order valence-corrected chi connectivity index (χ4v) is 3.83. The lowest BCUT2D eigenvalue weighted by Crippen LogP contribution is -2.23. The quantitative estimate of drug-likeness (QED) is 0.522. The van der Waals surface area contributed by atoms with Crippen LogP contribution in [0.15, 0.2) is 6.07 Å². The topological polar surface area (TPSA) is 111 Å². The van der Waals surface area contributed by atoms with Crippen molar-refractivity contribution in [3.05, 3.63) is 28.3 Å². The molecule has 0 bridgehead atoms. The molecular weight excluding hydrogens is 402 g/mol. The number of hydrogen-bond acceptors (Lipinski definition) is 7. The van der Waals surface area contributed by atoms with Crippen molar-refractivity contribution >= 4 is 23.7 Å². The number of rotatable bonds is 6. The predicted molar refractivity (Wildman–Crippen MR) is 115 cm³/mol. The van der Waals surface area contributed by atoms with E-state index in [-0.39, 0.29) is 18.8 Å². The number of nitrogens with one attached hydrogen (secondary N) is 1. The van der Waals surface area contributed by atoms with E-state index >= 15 is 0 Å². The molecule has 0 atom stereocenters. The minimum atomic E-state index is -0.583. The van der Waals surface area contributed by atoms with Crippen molar-refractivity contribution in [2.75, 3.05) is 18.5 Å². The zero-order chi connectivity index (χ0) is 23.0. The third-order valence-electron chi connectivity index (χ3n) is 4.88. The zero-order valence-electron chi connectivity index (χ0n) is 18.8. The van der Waals surface area contributed by atoms with Crippen LogP contribution in [-0.2, 0) is 49.5 Å². The van der Waals surface area contributed by atoms with E-state index in [0.29, 0.717) is 0 Å². The summed E-state index contributed by atoms with van der Waals surface area (Å²) < 4.78 is 14.5. The van der Waals surface area contributed by atoms with Gasteiger partial charge in [0.1, 0.15) is 6.61 Å². The lowest BCUT2D eigenvalue weighted by atomic mass is 9.99. The standard InChI is InChI=1S/C18H23NO4.C5H10O3/c1-11(2)23-16(20)10-22-18(21)19-17-14-7-3-5-12(14)9-13-6-4-8-15(13)17;1-4(2)8-5(7)3-6/h9,11H,3-8,10H2,1-2H3,(H,19,21);4,6H,3H2,1-2H3. The molecule has 1 amide bonds. The van der Waals surface area contributed by atoms with E-state index in [4.69, 9.17) is 14.6 Å². The molecule has 172 valence electrons. The Bertz CT molecular complexity index is 769. The molecule has 0 aliphatic heterocycles. The highest BCUT2D eigenvalue weighted by Gasteiger charge is 2.25. The third-order valence-corrected chi connectivity index (χ3v) is 4.88. The van der Waals surface area contributed by atoms with E-state index in [1.165, 1.54) is 22.3 Å². The van der Waals surface area contributed by atoms with Crippen LogP contribution in [0, 0.1) is 0 Å². The highest BCUT2D eigenvalue weighted by Crippen LogP contribution is 2.38. The Labute approximate surface area is 183 Å². The van der Waals surface area contributed by atoms with Crippen LogP contribution in [0.4, 0.5) is 10.5 Å². The minimum Gasteiger partial charge on any atom is -0.461 e. The lowest BCUT2D eigenvalue weighted by Gasteiger charge is -2.16. The first kappa shape index (κ1) is 24.7. The van der Waals surface area contributed by atoms with Crippen molar-refractivity contribution in [3.8, 4) is 0 Å². The van der Waals surface area contributed by atoms with E-state index in [0.717, 1.165) is 44.2 Å². The molecule has 1 aromatic carbocycles. The first-order valence-corrected chi connectivity index (χ1v) is 10.8. The largest absolute Gasteiger partial charge is 0.461 e. The van der Waals surface area contributed by atoms with E-state index in [2.05, 4.69) is 16.1 Å². The van der Waals surface area contributed by atoms with Crippen LogP contribution in [0.3, 0.4) is 0 Å². The molecule has 0 unspecified atom stereocenters. The van der Waals surface area contributed by atoms with Gasteiger partial charge in [-0.3, -0.25) is 5.32 Å². The summed E-state index contributed by atoms with van der Waals surface area (Å²) in [4.78, 5) is 33.7.